The maximum absolute atomic E-state index is 12.6. The van der Waals surface area contributed by atoms with Crippen molar-refractivity contribution >= 4 is 11.9 Å². The average molecular weight is 1190 g/mol. The molecule has 0 spiro atoms. The first-order valence-electron chi connectivity index (χ1n) is 38.9. The quantitative estimate of drug-likeness (QED) is 0.0320. The van der Waals surface area contributed by atoms with E-state index in [1.54, 1.807) is 0 Å². The molecule has 3 N–H and O–H groups in total. The molecule has 0 aromatic carbocycles. The topological polar surface area (TPSA) is 95.9 Å². The van der Waals surface area contributed by atoms with E-state index in [9.17, 15) is 19.8 Å². The summed E-state index contributed by atoms with van der Waals surface area (Å²) in [5.41, 5.74) is 0. The van der Waals surface area contributed by atoms with Gasteiger partial charge in [-0.2, -0.15) is 0 Å². The molecular formula is C78H153NO5. The van der Waals surface area contributed by atoms with E-state index >= 15 is 0 Å². The van der Waals surface area contributed by atoms with Crippen LogP contribution >= 0.6 is 0 Å². The SMILES string of the molecule is CCCCCCC/C=C\CCCCCCCC(=O)OCCCCCCCCCCCCCCCCCCCCCCCCCCCCCCCCCCC(=O)NC(CO)C(O)CCCCCCCCCCCCCCCCCCCCCCC. The number of rotatable bonds is 74. The van der Waals surface area contributed by atoms with Gasteiger partial charge >= 0.3 is 5.97 Å². The second kappa shape index (κ2) is 74.1. The highest BCUT2D eigenvalue weighted by Gasteiger charge is 2.20. The zero-order valence-corrected chi connectivity index (χ0v) is 57.4. The number of ether oxygens (including phenoxy) is 1. The van der Waals surface area contributed by atoms with E-state index < -0.39 is 12.1 Å². The normalized spacial score (nSPS) is 12.5. The summed E-state index contributed by atoms with van der Waals surface area (Å²) in [6, 6.07) is -0.538. The van der Waals surface area contributed by atoms with Gasteiger partial charge in [0, 0.05) is 12.8 Å². The monoisotopic (exact) mass is 1180 g/mol. The summed E-state index contributed by atoms with van der Waals surface area (Å²) in [5, 5.41) is 23.5. The molecule has 0 aliphatic heterocycles. The Hall–Kier alpha value is -1.40. The molecule has 0 radical (unpaired) electrons. The van der Waals surface area contributed by atoms with Crippen molar-refractivity contribution in [3.8, 4) is 0 Å². The van der Waals surface area contributed by atoms with Gasteiger partial charge in [0.1, 0.15) is 0 Å². The summed E-state index contributed by atoms with van der Waals surface area (Å²) in [5.74, 6) is -0.0111. The summed E-state index contributed by atoms with van der Waals surface area (Å²) < 4.78 is 5.49. The third kappa shape index (κ3) is 69.7. The maximum atomic E-state index is 12.6. The van der Waals surface area contributed by atoms with E-state index in [-0.39, 0.29) is 18.5 Å². The summed E-state index contributed by atoms with van der Waals surface area (Å²) >= 11 is 0. The number of carbonyl (C=O) groups excluding carboxylic acids is 2. The average Bonchev–Trinajstić information content (AvgIpc) is 3.51. The first-order chi connectivity index (χ1) is 41.5. The molecule has 500 valence electrons. The zero-order valence-electron chi connectivity index (χ0n) is 57.4. The van der Waals surface area contributed by atoms with Gasteiger partial charge < -0.3 is 20.3 Å². The largest absolute Gasteiger partial charge is 0.466 e. The number of hydrogen-bond acceptors (Lipinski definition) is 5. The van der Waals surface area contributed by atoms with Crippen molar-refractivity contribution in [2.75, 3.05) is 13.2 Å². The Morgan fingerprint density at radius 2 is 0.560 bits per heavy atom. The first-order valence-corrected chi connectivity index (χ1v) is 38.9. The second-order valence-electron chi connectivity index (χ2n) is 27.0. The summed E-state index contributed by atoms with van der Waals surface area (Å²) in [6.45, 7) is 5.00. The van der Waals surface area contributed by atoms with Gasteiger partial charge in [0.15, 0.2) is 0 Å². The van der Waals surface area contributed by atoms with Crippen molar-refractivity contribution in [1.29, 1.82) is 0 Å². The Labute approximate surface area is 527 Å². The van der Waals surface area contributed by atoms with Gasteiger partial charge in [-0.1, -0.05) is 398 Å². The lowest BCUT2D eigenvalue weighted by atomic mass is 10.0. The van der Waals surface area contributed by atoms with Gasteiger partial charge in [0.25, 0.3) is 0 Å². The minimum atomic E-state index is -0.662. The van der Waals surface area contributed by atoms with E-state index in [4.69, 9.17) is 4.74 Å². The van der Waals surface area contributed by atoms with Gasteiger partial charge in [0.05, 0.1) is 25.4 Å². The van der Waals surface area contributed by atoms with Crippen LogP contribution in [0.2, 0.25) is 0 Å². The van der Waals surface area contributed by atoms with E-state index in [2.05, 4.69) is 31.3 Å². The number of esters is 1. The van der Waals surface area contributed by atoms with Crippen molar-refractivity contribution in [1.82, 2.24) is 5.32 Å². The predicted octanol–water partition coefficient (Wildman–Crippen LogP) is 25.5. The van der Waals surface area contributed by atoms with Gasteiger partial charge in [-0.3, -0.25) is 9.59 Å². The summed E-state index contributed by atoms with van der Waals surface area (Å²) in [4.78, 5) is 24.6. The molecule has 0 fully saturated rings. The van der Waals surface area contributed by atoms with E-state index in [0.717, 1.165) is 44.9 Å². The molecule has 0 rings (SSSR count). The number of aliphatic hydroxyl groups excluding tert-OH is 2. The fourth-order valence-electron chi connectivity index (χ4n) is 12.6. The third-order valence-electron chi connectivity index (χ3n) is 18.6. The zero-order chi connectivity index (χ0) is 60.6. The molecule has 0 aliphatic rings. The highest BCUT2D eigenvalue weighted by molar-refractivity contribution is 5.76. The molecule has 1 amide bonds. The van der Waals surface area contributed by atoms with E-state index in [1.807, 2.05) is 0 Å². The molecule has 0 aromatic heterocycles. The minimum Gasteiger partial charge on any atom is -0.466 e. The van der Waals surface area contributed by atoms with Crippen molar-refractivity contribution in [3.05, 3.63) is 12.2 Å². The van der Waals surface area contributed by atoms with Crippen LogP contribution in [0.15, 0.2) is 12.2 Å². The van der Waals surface area contributed by atoms with Gasteiger partial charge in [-0.25, -0.2) is 0 Å². The number of unbranched alkanes of at least 4 members (excludes halogenated alkanes) is 61. The Morgan fingerprint density at radius 3 is 0.845 bits per heavy atom. The Morgan fingerprint density at radius 1 is 0.321 bits per heavy atom. The summed E-state index contributed by atoms with van der Waals surface area (Å²) in [6.07, 6.45) is 93.0. The van der Waals surface area contributed by atoms with Crippen LogP contribution in [0.3, 0.4) is 0 Å². The molecule has 6 nitrogen and oxygen atoms in total. The fraction of sp³-hybridized carbons (Fsp3) is 0.949. The van der Waals surface area contributed by atoms with E-state index in [1.165, 1.54) is 372 Å². The number of amides is 1. The van der Waals surface area contributed by atoms with Crippen molar-refractivity contribution < 1.29 is 24.5 Å². The number of allylic oxidation sites excluding steroid dienone is 2. The van der Waals surface area contributed by atoms with Crippen LogP contribution in [0.4, 0.5) is 0 Å². The van der Waals surface area contributed by atoms with Crippen LogP contribution in [0.1, 0.15) is 450 Å². The lowest BCUT2D eigenvalue weighted by Gasteiger charge is -2.22. The molecule has 2 unspecified atom stereocenters. The molecule has 0 saturated carbocycles. The van der Waals surface area contributed by atoms with Crippen molar-refractivity contribution in [2.45, 2.75) is 463 Å². The number of nitrogens with one attached hydrogen (secondary N) is 1. The smallest absolute Gasteiger partial charge is 0.305 e. The number of aliphatic hydroxyl groups is 2. The van der Waals surface area contributed by atoms with Crippen molar-refractivity contribution in [3.63, 3.8) is 0 Å². The lowest BCUT2D eigenvalue weighted by Crippen LogP contribution is -2.45. The van der Waals surface area contributed by atoms with Crippen LogP contribution in [0.25, 0.3) is 0 Å². The van der Waals surface area contributed by atoms with Crippen molar-refractivity contribution in [2.24, 2.45) is 0 Å². The number of hydrogen-bond donors (Lipinski definition) is 3. The highest BCUT2D eigenvalue weighted by atomic mass is 16.5. The molecule has 0 aliphatic carbocycles. The van der Waals surface area contributed by atoms with Crippen LogP contribution < -0.4 is 5.32 Å². The molecular weight excluding hydrogens is 1030 g/mol. The minimum absolute atomic E-state index is 0.0138. The Kier molecular flexibility index (Phi) is 72.8. The van der Waals surface area contributed by atoms with Crippen LogP contribution in [-0.4, -0.2) is 47.4 Å². The van der Waals surface area contributed by atoms with Crippen LogP contribution in [0, 0.1) is 0 Å². The van der Waals surface area contributed by atoms with Crippen LogP contribution in [0.5, 0.6) is 0 Å². The van der Waals surface area contributed by atoms with Gasteiger partial charge in [-0.15, -0.1) is 0 Å². The molecule has 84 heavy (non-hydrogen) atoms. The third-order valence-corrected chi connectivity index (χ3v) is 18.6. The molecule has 2 atom stereocenters. The second-order valence-corrected chi connectivity index (χ2v) is 27.0. The Bertz CT molecular complexity index is 1270. The van der Waals surface area contributed by atoms with Crippen LogP contribution in [-0.2, 0) is 14.3 Å². The first kappa shape index (κ1) is 82.6. The summed E-state index contributed by atoms with van der Waals surface area (Å²) in [7, 11) is 0. The molecule has 0 bridgehead atoms. The standard InChI is InChI=1S/C78H153NO5/c1-3-5-7-9-11-13-15-17-19-20-21-34-37-40-43-46-50-54-58-62-66-70-76(81)75(74-80)79-77(82)71-67-63-59-55-51-47-44-41-38-35-32-30-28-26-24-22-23-25-27-29-31-33-36-39-42-45-49-53-57-61-65-69-73-84-78(83)72-68-64-60-56-52-48-18-16-14-12-10-8-6-4-2/h16,18,75-76,80-81H,3-15,17,19-74H2,1-2H3,(H,79,82)/b18-16-. The molecule has 0 aromatic rings. The molecule has 0 heterocycles. The Balaban J connectivity index is 3.32. The fourth-order valence-corrected chi connectivity index (χ4v) is 12.6. The molecule has 0 saturated heterocycles. The maximum Gasteiger partial charge on any atom is 0.305 e. The molecule has 6 heteroatoms. The highest BCUT2D eigenvalue weighted by Crippen LogP contribution is 2.20. The predicted molar refractivity (Wildman–Crippen MR) is 370 cm³/mol. The van der Waals surface area contributed by atoms with Gasteiger partial charge in [0.2, 0.25) is 5.91 Å². The van der Waals surface area contributed by atoms with Gasteiger partial charge in [-0.05, 0) is 51.4 Å². The van der Waals surface area contributed by atoms with E-state index in [0.29, 0.717) is 25.9 Å². The lowest BCUT2D eigenvalue weighted by molar-refractivity contribution is -0.143. The number of carbonyl (C=O) groups is 2.